The Morgan fingerprint density at radius 1 is 1.50 bits per heavy atom. The van der Waals surface area contributed by atoms with Gasteiger partial charge < -0.3 is 5.32 Å². The maximum absolute atomic E-state index is 12.1. The molecular formula is C12H21NO. The fourth-order valence-electron chi connectivity index (χ4n) is 1.97. The molecular weight excluding hydrogens is 174 g/mol. The molecule has 0 aromatic heterocycles. The summed E-state index contributed by atoms with van der Waals surface area (Å²) in [6, 6.07) is 0. The van der Waals surface area contributed by atoms with Crippen LogP contribution in [0, 0.1) is 0 Å². The van der Waals surface area contributed by atoms with Gasteiger partial charge in [-0.25, -0.2) is 0 Å². The number of hydrogen-bond acceptors (Lipinski definition) is 2. The summed E-state index contributed by atoms with van der Waals surface area (Å²) in [6.07, 6.45) is 6.56. The van der Waals surface area contributed by atoms with E-state index in [1.807, 2.05) is 20.8 Å². The smallest absolute Gasteiger partial charge is 0.177 e. The van der Waals surface area contributed by atoms with Gasteiger partial charge in [0.25, 0.3) is 0 Å². The van der Waals surface area contributed by atoms with Crippen molar-refractivity contribution in [2.45, 2.75) is 52.0 Å². The van der Waals surface area contributed by atoms with Crippen molar-refractivity contribution in [2.24, 2.45) is 0 Å². The van der Waals surface area contributed by atoms with Crippen LogP contribution in [0.2, 0.25) is 0 Å². The Morgan fingerprint density at radius 2 is 2.21 bits per heavy atom. The number of carbonyl (C=O) groups excluding carboxylic acids is 1. The van der Waals surface area contributed by atoms with E-state index in [-0.39, 0.29) is 5.78 Å². The van der Waals surface area contributed by atoms with Crippen LogP contribution in [0.1, 0.15) is 46.5 Å². The highest BCUT2D eigenvalue weighted by molar-refractivity contribution is 6.02. The van der Waals surface area contributed by atoms with Crippen molar-refractivity contribution in [3.05, 3.63) is 11.6 Å². The lowest BCUT2D eigenvalue weighted by Gasteiger charge is -2.26. The Hall–Kier alpha value is -0.630. The summed E-state index contributed by atoms with van der Waals surface area (Å²) in [6.45, 7) is 6.80. The third-order valence-corrected chi connectivity index (χ3v) is 2.77. The molecule has 1 N–H and O–H groups in total. The molecule has 0 aromatic rings. The molecule has 0 amide bonds. The number of allylic oxidation sites excluding steroid dienone is 1. The molecule has 0 unspecified atom stereocenters. The van der Waals surface area contributed by atoms with Crippen molar-refractivity contribution < 1.29 is 4.79 Å². The average molecular weight is 195 g/mol. The molecule has 0 atom stereocenters. The van der Waals surface area contributed by atoms with Gasteiger partial charge in [-0.3, -0.25) is 4.79 Å². The second-order valence-corrected chi connectivity index (χ2v) is 4.46. The van der Waals surface area contributed by atoms with E-state index < -0.39 is 5.54 Å². The van der Waals surface area contributed by atoms with E-state index in [4.69, 9.17) is 0 Å². The van der Waals surface area contributed by atoms with Gasteiger partial charge in [-0.1, -0.05) is 13.0 Å². The van der Waals surface area contributed by atoms with E-state index in [1.165, 1.54) is 12.8 Å². The number of ketones is 1. The van der Waals surface area contributed by atoms with Gasteiger partial charge in [-0.05, 0) is 51.6 Å². The van der Waals surface area contributed by atoms with Crippen LogP contribution >= 0.6 is 0 Å². The van der Waals surface area contributed by atoms with Crippen LogP contribution in [0.25, 0.3) is 0 Å². The summed E-state index contributed by atoms with van der Waals surface area (Å²) in [5, 5.41) is 3.23. The average Bonchev–Trinajstić information content (AvgIpc) is 2.18. The molecule has 1 aliphatic rings. The van der Waals surface area contributed by atoms with Gasteiger partial charge in [0.2, 0.25) is 0 Å². The second-order valence-electron chi connectivity index (χ2n) is 4.46. The molecule has 2 heteroatoms. The normalized spacial score (nSPS) is 17.8. The summed E-state index contributed by atoms with van der Waals surface area (Å²) >= 11 is 0. The zero-order valence-electron chi connectivity index (χ0n) is 9.52. The molecule has 0 heterocycles. The largest absolute Gasteiger partial charge is 0.305 e. The quantitative estimate of drug-likeness (QED) is 0.746. The Balaban J connectivity index is 2.67. The summed E-state index contributed by atoms with van der Waals surface area (Å²) < 4.78 is 0. The zero-order chi connectivity index (χ0) is 10.6. The molecule has 2 nitrogen and oxygen atoms in total. The van der Waals surface area contributed by atoms with Crippen LogP contribution in [0.3, 0.4) is 0 Å². The number of hydrogen-bond donors (Lipinski definition) is 1. The van der Waals surface area contributed by atoms with Gasteiger partial charge in [0.1, 0.15) is 0 Å². The molecule has 0 bridgehead atoms. The highest BCUT2D eigenvalue weighted by atomic mass is 16.1. The summed E-state index contributed by atoms with van der Waals surface area (Å²) in [5.41, 5.74) is 0.639. The third-order valence-electron chi connectivity index (χ3n) is 2.77. The van der Waals surface area contributed by atoms with Crippen LogP contribution < -0.4 is 5.32 Å². The lowest BCUT2D eigenvalue weighted by atomic mass is 9.87. The topological polar surface area (TPSA) is 29.1 Å². The number of Topliss-reactive ketones (excluding diaryl/α,β-unsaturated/α-hetero) is 1. The van der Waals surface area contributed by atoms with Crippen molar-refractivity contribution in [2.75, 3.05) is 6.54 Å². The Labute approximate surface area is 86.8 Å². The number of likely N-dealkylation sites (N-methyl/N-ethyl adjacent to an activating group) is 1. The van der Waals surface area contributed by atoms with E-state index in [0.717, 1.165) is 25.0 Å². The number of nitrogens with one attached hydrogen (secondary N) is 1. The van der Waals surface area contributed by atoms with Crippen molar-refractivity contribution >= 4 is 5.78 Å². The summed E-state index contributed by atoms with van der Waals surface area (Å²) in [4.78, 5) is 12.1. The molecule has 0 aliphatic heterocycles. The monoisotopic (exact) mass is 195 g/mol. The molecule has 0 fully saturated rings. The van der Waals surface area contributed by atoms with Crippen LogP contribution in [0.5, 0.6) is 0 Å². The van der Waals surface area contributed by atoms with E-state index in [9.17, 15) is 4.79 Å². The maximum atomic E-state index is 12.1. The SMILES string of the molecule is CCNC(C)(C)C(=O)C1=CCCCC1. The number of carbonyl (C=O) groups is 1. The molecule has 0 radical (unpaired) electrons. The zero-order valence-corrected chi connectivity index (χ0v) is 9.52. The first-order valence-corrected chi connectivity index (χ1v) is 5.57. The third kappa shape index (κ3) is 2.68. The fraction of sp³-hybridized carbons (Fsp3) is 0.750. The summed E-state index contributed by atoms with van der Waals surface area (Å²) in [5.74, 6) is 0.277. The predicted octanol–water partition coefficient (Wildman–Crippen LogP) is 2.44. The first kappa shape index (κ1) is 11.4. The summed E-state index contributed by atoms with van der Waals surface area (Å²) in [7, 11) is 0. The van der Waals surface area contributed by atoms with Gasteiger partial charge in [0.15, 0.2) is 5.78 Å². The predicted molar refractivity (Wildman–Crippen MR) is 59.3 cm³/mol. The van der Waals surface area contributed by atoms with Crippen LogP contribution in [-0.4, -0.2) is 17.9 Å². The minimum absolute atomic E-state index is 0.277. The minimum atomic E-state index is -0.391. The van der Waals surface area contributed by atoms with Gasteiger partial charge in [-0.2, -0.15) is 0 Å². The second kappa shape index (κ2) is 4.74. The van der Waals surface area contributed by atoms with E-state index in [0.29, 0.717) is 0 Å². The molecule has 0 saturated carbocycles. The van der Waals surface area contributed by atoms with Crippen LogP contribution in [0.15, 0.2) is 11.6 Å². The molecule has 0 spiro atoms. The van der Waals surface area contributed by atoms with Crippen molar-refractivity contribution in [1.82, 2.24) is 5.32 Å². The molecule has 0 saturated heterocycles. The Kier molecular flexibility index (Phi) is 3.87. The van der Waals surface area contributed by atoms with Gasteiger partial charge >= 0.3 is 0 Å². The van der Waals surface area contributed by atoms with E-state index in [2.05, 4.69) is 11.4 Å². The Bertz CT molecular complexity index is 241. The van der Waals surface area contributed by atoms with Gasteiger partial charge in [0.05, 0.1) is 5.54 Å². The van der Waals surface area contributed by atoms with E-state index in [1.54, 1.807) is 0 Å². The van der Waals surface area contributed by atoms with Crippen molar-refractivity contribution in [3.63, 3.8) is 0 Å². The lowest BCUT2D eigenvalue weighted by Crippen LogP contribution is -2.47. The molecule has 0 aromatic carbocycles. The van der Waals surface area contributed by atoms with Crippen molar-refractivity contribution in [1.29, 1.82) is 0 Å². The van der Waals surface area contributed by atoms with Gasteiger partial charge in [-0.15, -0.1) is 0 Å². The molecule has 14 heavy (non-hydrogen) atoms. The Morgan fingerprint density at radius 3 is 2.71 bits per heavy atom. The minimum Gasteiger partial charge on any atom is -0.305 e. The molecule has 1 aliphatic carbocycles. The molecule has 1 rings (SSSR count). The fourth-order valence-corrected chi connectivity index (χ4v) is 1.97. The number of rotatable bonds is 4. The highest BCUT2D eigenvalue weighted by Crippen LogP contribution is 2.22. The van der Waals surface area contributed by atoms with E-state index >= 15 is 0 Å². The van der Waals surface area contributed by atoms with Crippen LogP contribution in [0.4, 0.5) is 0 Å². The lowest BCUT2D eigenvalue weighted by molar-refractivity contribution is -0.120. The first-order valence-electron chi connectivity index (χ1n) is 5.57. The van der Waals surface area contributed by atoms with Gasteiger partial charge in [0, 0.05) is 0 Å². The first-order chi connectivity index (χ1) is 6.58. The highest BCUT2D eigenvalue weighted by Gasteiger charge is 2.28. The van der Waals surface area contributed by atoms with Crippen LogP contribution in [-0.2, 0) is 4.79 Å². The molecule has 80 valence electrons. The van der Waals surface area contributed by atoms with Crippen molar-refractivity contribution in [3.8, 4) is 0 Å². The maximum Gasteiger partial charge on any atom is 0.177 e. The standard InChI is InChI=1S/C12H21NO/c1-4-13-12(2,3)11(14)10-8-6-5-7-9-10/h8,13H,4-7,9H2,1-3H3.